The van der Waals surface area contributed by atoms with E-state index in [1.165, 1.54) is 0 Å². The zero-order chi connectivity index (χ0) is 12.3. The van der Waals surface area contributed by atoms with Crippen molar-refractivity contribution in [3.05, 3.63) is 23.5 Å². The number of amides is 1. The number of nitrogens with two attached hydrogens (primary N) is 1. The Morgan fingerprint density at radius 1 is 1.53 bits per heavy atom. The molecule has 17 heavy (non-hydrogen) atoms. The monoisotopic (exact) mass is 253 g/mol. The fraction of sp³-hybridized carbons (Fsp3) is 0.500. The van der Waals surface area contributed by atoms with E-state index in [0.717, 1.165) is 25.7 Å². The second kappa shape index (κ2) is 5.47. The molecule has 0 saturated heterocycles. The molecule has 0 aliphatic heterocycles. The molecule has 2 unspecified atom stereocenters. The fourth-order valence-corrected chi connectivity index (χ4v) is 2.35. The maximum absolute atomic E-state index is 12.0. The second-order valence-corrected chi connectivity index (χ2v) is 4.81. The molecule has 1 aromatic heterocycles. The SMILES string of the molecule is NC1CCCC(C(=O)Nc2cccnc2Cl)C1. The van der Waals surface area contributed by atoms with Gasteiger partial charge < -0.3 is 11.1 Å². The predicted octanol–water partition coefficient (Wildman–Crippen LogP) is 2.19. The number of hydrogen-bond donors (Lipinski definition) is 2. The van der Waals surface area contributed by atoms with Gasteiger partial charge in [0.05, 0.1) is 5.69 Å². The molecule has 1 saturated carbocycles. The van der Waals surface area contributed by atoms with Crippen molar-refractivity contribution in [1.29, 1.82) is 0 Å². The number of anilines is 1. The molecule has 1 fully saturated rings. The lowest BCUT2D eigenvalue weighted by atomic mass is 9.85. The van der Waals surface area contributed by atoms with Crippen LogP contribution >= 0.6 is 11.6 Å². The minimum atomic E-state index is -0.00461. The summed E-state index contributed by atoms with van der Waals surface area (Å²) < 4.78 is 0. The number of carbonyl (C=O) groups is 1. The van der Waals surface area contributed by atoms with Gasteiger partial charge in [0.25, 0.3) is 0 Å². The zero-order valence-corrected chi connectivity index (χ0v) is 10.3. The smallest absolute Gasteiger partial charge is 0.227 e. The first-order valence-corrected chi connectivity index (χ1v) is 6.21. The zero-order valence-electron chi connectivity index (χ0n) is 9.53. The van der Waals surface area contributed by atoms with Crippen LogP contribution in [0.4, 0.5) is 5.69 Å². The lowest BCUT2D eigenvalue weighted by Gasteiger charge is -2.25. The van der Waals surface area contributed by atoms with Crippen LogP contribution in [0.1, 0.15) is 25.7 Å². The van der Waals surface area contributed by atoms with E-state index < -0.39 is 0 Å². The van der Waals surface area contributed by atoms with Crippen LogP contribution in [0.15, 0.2) is 18.3 Å². The van der Waals surface area contributed by atoms with E-state index in [-0.39, 0.29) is 17.9 Å². The molecule has 1 aliphatic rings. The lowest BCUT2D eigenvalue weighted by molar-refractivity contribution is -0.120. The molecule has 1 aromatic rings. The molecule has 0 bridgehead atoms. The van der Waals surface area contributed by atoms with Crippen LogP contribution in [0.25, 0.3) is 0 Å². The second-order valence-electron chi connectivity index (χ2n) is 4.45. The van der Waals surface area contributed by atoms with E-state index in [2.05, 4.69) is 10.3 Å². The maximum atomic E-state index is 12.0. The Labute approximate surface area is 106 Å². The lowest BCUT2D eigenvalue weighted by Crippen LogP contribution is -2.34. The van der Waals surface area contributed by atoms with Gasteiger partial charge in [-0.3, -0.25) is 4.79 Å². The summed E-state index contributed by atoms with van der Waals surface area (Å²) in [6, 6.07) is 3.63. The van der Waals surface area contributed by atoms with Crippen molar-refractivity contribution in [1.82, 2.24) is 4.98 Å². The molecule has 1 amide bonds. The number of hydrogen-bond acceptors (Lipinski definition) is 3. The average Bonchev–Trinajstić information content (AvgIpc) is 2.32. The van der Waals surface area contributed by atoms with Gasteiger partial charge in [-0.05, 0) is 31.4 Å². The van der Waals surface area contributed by atoms with Crippen molar-refractivity contribution in [2.45, 2.75) is 31.7 Å². The number of aromatic nitrogens is 1. The van der Waals surface area contributed by atoms with Gasteiger partial charge in [0, 0.05) is 18.2 Å². The molecule has 5 heteroatoms. The van der Waals surface area contributed by atoms with Crippen LogP contribution in [-0.4, -0.2) is 16.9 Å². The summed E-state index contributed by atoms with van der Waals surface area (Å²) in [5.41, 5.74) is 6.44. The van der Waals surface area contributed by atoms with Crippen LogP contribution < -0.4 is 11.1 Å². The summed E-state index contributed by atoms with van der Waals surface area (Å²) in [6.45, 7) is 0. The van der Waals surface area contributed by atoms with Crippen molar-refractivity contribution in [3.63, 3.8) is 0 Å². The number of carbonyl (C=O) groups excluding carboxylic acids is 1. The molecule has 2 atom stereocenters. The average molecular weight is 254 g/mol. The normalized spacial score (nSPS) is 24.4. The first-order valence-electron chi connectivity index (χ1n) is 5.84. The Morgan fingerprint density at radius 2 is 2.35 bits per heavy atom. The highest BCUT2D eigenvalue weighted by Gasteiger charge is 2.25. The summed E-state index contributed by atoms with van der Waals surface area (Å²) in [5, 5.41) is 3.13. The Balaban J connectivity index is 1.99. The van der Waals surface area contributed by atoms with Gasteiger partial charge in [-0.15, -0.1) is 0 Å². The van der Waals surface area contributed by atoms with Crippen LogP contribution in [-0.2, 0) is 4.79 Å². The van der Waals surface area contributed by atoms with Crippen LogP contribution in [0.2, 0.25) is 5.15 Å². The maximum Gasteiger partial charge on any atom is 0.227 e. The van der Waals surface area contributed by atoms with Gasteiger partial charge in [-0.25, -0.2) is 4.98 Å². The van der Waals surface area contributed by atoms with E-state index in [1.807, 2.05) is 0 Å². The first kappa shape index (κ1) is 12.3. The van der Waals surface area contributed by atoms with E-state index >= 15 is 0 Å². The van der Waals surface area contributed by atoms with Crippen molar-refractivity contribution in [2.75, 3.05) is 5.32 Å². The van der Waals surface area contributed by atoms with Gasteiger partial charge in [0.1, 0.15) is 0 Å². The fourth-order valence-electron chi connectivity index (χ4n) is 2.18. The Bertz CT molecular complexity index is 410. The molecule has 0 aromatic carbocycles. The van der Waals surface area contributed by atoms with Crippen LogP contribution in [0.5, 0.6) is 0 Å². The summed E-state index contributed by atoms with van der Waals surface area (Å²) in [4.78, 5) is 15.9. The highest BCUT2D eigenvalue weighted by Crippen LogP contribution is 2.25. The molecular weight excluding hydrogens is 238 g/mol. The number of nitrogens with zero attached hydrogens (tertiary/aromatic N) is 1. The van der Waals surface area contributed by atoms with Crippen LogP contribution in [0.3, 0.4) is 0 Å². The topological polar surface area (TPSA) is 68.0 Å². The van der Waals surface area contributed by atoms with Gasteiger partial charge in [0.2, 0.25) is 5.91 Å². The summed E-state index contributed by atoms with van der Waals surface area (Å²) >= 11 is 5.89. The molecule has 3 N–H and O–H groups in total. The first-order chi connectivity index (χ1) is 8.16. The van der Waals surface area contributed by atoms with Crippen molar-refractivity contribution in [3.8, 4) is 0 Å². The largest absolute Gasteiger partial charge is 0.328 e. The number of rotatable bonds is 2. The van der Waals surface area contributed by atoms with E-state index in [0.29, 0.717) is 10.8 Å². The Morgan fingerprint density at radius 3 is 3.06 bits per heavy atom. The third kappa shape index (κ3) is 3.17. The van der Waals surface area contributed by atoms with Crippen LogP contribution in [0, 0.1) is 5.92 Å². The molecule has 2 rings (SSSR count). The number of nitrogens with one attached hydrogen (secondary N) is 1. The molecule has 0 radical (unpaired) electrons. The van der Waals surface area contributed by atoms with Gasteiger partial charge >= 0.3 is 0 Å². The quantitative estimate of drug-likeness (QED) is 0.794. The third-order valence-electron chi connectivity index (χ3n) is 3.10. The molecule has 1 heterocycles. The van der Waals surface area contributed by atoms with E-state index in [9.17, 15) is 4.79 Å². The Kier molecular flexibility index (Phi) is 3.97. The van der Waals surface area contributed by atoms with Crippen molar-refractivity contribution < 1.29 is 4.79 Å². The molecule has 1 aliphatic carbocycles. The highest BCUT2D eigenvalue weighted by molar-refractivity contribution is 6.32. The number of halogens is 1. The highest BCUT2D eigenvalue weighted by atomic mass is 35.5. The Hall–Kier alpha value is -1.13. The molecular formula is C12H16ClN3O. The number of pyridine rings is 1. The third-order valence-corrected chi connectivity index (χ3v) is 3.40. The van der Waals surface area contributed by atoms with Crippen molar-refractivity contribution >= 4 is 23.2 Å². The minimum Gasteiger partial charge on any atom is -0.328 e. The van der Waals surface area contributed by atoms with Crippen molar-refractivity contribution in [2.24, 2.45) is 11.7 Å². The van der Waals surface area contributed by atoms with Gasteiger partial charge in [-0.1, -0.05) is 18.0 Å². The van der Waals surface area contributed by atoms with Gasteiger partial charge in [-0.2, -0.15) is 0 Å². The molecule has 0 spiro atoms. The predicted molar refractivity (Wildman–Crippen MR) is 67.8 cm³/mol. The summed E-state index contributed by atoms with van der Waals surface area (Å²) in [5.74, 6) is -0.00919. The summed E-state index contributed by atoms with van der Waals surface area (Å²) in [7, 11) is 0. The van der Waals surface area contributed by atoms with E-state index in [1.54, 1.807) is 18.3 Å². The molecule has 4 nitrogen and oxygen atoms in total. The minimum absolute atomic E-state index is 0.00458. The standard InChI is InChI=1S/C12H16ClN3O/c13-11-10(5-2-6-15-11)16-12(17)8-3-1-4-9(14)7-8/h2,5-6,8-9H,1,3-4,7,14H2,(H,16,17). The summed E-state index contributed by atoms with van der Waals surface area (Å²) in [6.07, 6.45) is 5.27. The van der Waals surface area contributed by atoms with E-state index in [4.69, 9.17) is 17.3 Å². The van der Waals surface area contributed by atoms with Gasteiger partial charge in [0.15, 0.2) is 5.15 Å². The molecule has 92 valence electrons.